The standard InChI is InChI=1S/C6H12N2O2S2/c1-4-2-12(9,10)3-5(4)11-6(7)8/h4-5H,2-3H2,1H3,(H3,7,8)/t4-,5-/m1/s1. The number of thioether (sulfide) groups is 1. The third-order valence-corrected chi connectivity index (χ3v) is 5.15. The third-order valence-electron chi connectivity index (χ3n) is 1.85. The molecule has 1 aliphatic heterocycles. The van der Waals surface area contributed by atoms with Crippen LogP contribution < -0.4 is 5.73 Å². The van der Waals surface area contributed by atoms with Crippen LogP contribution in [-0.2, 0) is 9.84 Å². The lowest BCUT2D eigenvalue weighted by Gasteiger charge is -2.10. The topological polar surface area (TPSA) is 84.0 Å². The quantitative estimate of drug-likeness (QED) is 0.471. The van der Waals surface area contributed by atoms with Crippen LogP contribution in [0.25, 0.3) is 0 Å². The van der Waals surface area contributed by atoms with Crippen LogP contribution in [0.1, 0.15) is 6.92 Å². The third kappa shape index (κ3) is 2.38. The molecule has 1 rings (SSSR count). The maximum absolute atomic E-state index is 11.1. The van der Waals surface area contributed by atoms with Gasteiger partial charge in [-0.15, -0.1) is 0 Å². The van der Waals surface area contributed by atoms with Crippen LogP contribution in [0.15, 0.2) is 0 Å². The van der Waals surface area contributed by atoms with Gasteiger partial charge < -0.3 is 5.73 Å². The van der Waals surface area contributed by atoms with E-state index in [2.05, 4.69) is 0 Å². The zero-order chi connectivity index (χ0) is 9.35. The molecule has 4 nitrogen and oxygen atoms in total. The molecule has 1 fully saturated rings. The number of amidine groups is 1. The number of sulfone groups is 1. The molecule has 1 aliphatic rings. The molecule has 0 aromatic heterocycles. The molecule has 0 amide bonds. The molecule has 70 valence electrons. The van der Waals surface area contributed by atoms with Crippen molar-refractivity contribution < 1.29 is 8.42 Å². The first-order chi connectivity index (χ1) is 5.41. The Bertz CT molecular complexity index is 286. The summed E-state index contributed by atoms with van der Waals surface area (Å²) in [7, 11) is -2.86. The molecule has 0 aromatic carbocycles. The summed E-state index contributed by atoms with van der Waals surface area (Å²) >= 11 is 1.15. The van der Waals surface area contributed by atoms with E-state index in [9.17, 15) is 8.42 Å². The maximum Gasteiger partial charge on any atom is 0.151 e. The summed E-state index contributed by atoms with van der Waals surface area (Å²) in [5, 5.41) is 7.01. The van der Waals surface area contributed by atoms with Crippen LogP contribution >= 0.6 is 11.8 Å². The molecular weight excluding hydrogens is 196 g/mol. The highest BCUT2D eigenvalue weighted by atomic mass is 32.2. The zero-order valence-electron chi connectivity index (χ0n) is 6.78. The Morgan fingerprint density at radius 3 is 2.50 bits per heavy atom. The number of hydrogen-bond donors (Lipinski definition) is 2. The number of hydrogen-bond acceptors (Lipinski definition) is 4. The second-order valence-corrected chi connectivity index (χ2v) is 6.51. The molecule has 0 aliphatic carbocycles. The van der Waals surface area contributed by atoms with Crippen LogP contribution in [-0.4, -0.2) is 30.3 Å². The Morgan fingerprint density at radius 1 is 1.58 bits per heavy atom. The second-order valence-electron chi connectivity index (χ2n) is 3.07. The minimum absolute atomic E-state index is 0.00366. The van der Waals surface area contributed by atoms with Crippen molar-refractivity contribution in [2.75, 3.05) is 11.5 Å². The van der Waals surface area contributed by atoms with Gasteiger partial charge >= 0.3 is 0 Å². The van der Waals surface area contributed by atoms with E-state index < -0.39 is 9.84 Å². The monoisotopic (exact) mass is 208 g/mol. The van der Waals surface area contributed by atoms with Crippen molar-refractivity contribution in [2.45, 2.75) is 12.2 Å². The minimum atomic E-state index is -2.86. The molecule has 1 saturated heterocycles. The van der Waals surface area contributed by atoms with E-state index >= 15 is 0 Å². The Balaban J connectivity index is 2.64. The average molecular weight is 208 g/mol. The van der Waals surface area contributed by atoms with E-state index in [1.807, 2.05) is 6.92 Å². The first-order valence-corrected chi connectivity index (χ1v) is 6.32. The normalized spacial score (nSPS) is 33.4. The Kier molecular flexibility index (Phi) is 2.67. The molecule has 2 atom stereocenters. The van der Waals surface area contributed by atoms with Crippen molar-refractivity contribution in [3.8, 4) is 0 Å². The molecule has 0 unspecified atom stereocenters. The summed E-state index contributed by atoms with van der Waals surface area (Å²) in [5.74, 6) is 0.514. The molecule has 12 heavy (non-hydrogen) atoms. The first kappa shape index (κ1) is 9.85. The Hall–Kier alpha value is -0.230. The number of rotatable bonds is 1. The molecular formula is C6H12N2O2S2. The molecule has 0 bridgehead atoms. The molecule has 1 heterocycles. The van der Waals surface area contributed by atoms with Crippen molar-refractivity contribution in [3.63, 3.8) is 0 Å². The summed E-state index contributed by atoms with van der Waals surface area (Å²) in [6.45, 7) is 1.88. The summed E-state index contributed by atoms with van der Waals surface area (Å²) in [6.07, 6.45) is 0. The average Bonchev–Trinajstić information content (AvgIpc) is 2.03. The van der Waals surface area contributed by atoms with Gasteiger partial charge in [-0.25, -0.2) is 8.42 Å². The summed E-state index contributed by atoms with van der Waals surface area (Å²) in [6, 6.07) is 0. The van der Waals surface area contributed by atoms with Gasteiger partial charge in [0.05, 0.1) is 11.5 Å². The Morgan fingerprint density at radius 2 is 2.17 bits per heavy atom. The van der Waals surface area contributed by atoms with Crippen molar-refractivity contribution in [3.05, 3.63) is 0 Å². The minimum Gasteiger partial charge on any atom is -0.379 e. The smallest absolute Gasteiger partial charge is 0.151 e. The number of nitrogens with two attached hydrogens (primary N) is 1. The fraction of sp³-hybridized carbons (Fsp3) is 0.833. The van der Waals surface area contributed by atoms with Crippen molar-refractivity contribution in [1.82, 2.24) is 0 Å². The van der Waals surface area contributed by atoms with Gasteiger partial charge in [0, 0.05) is 5.25 Å². The van der Waals surface area contributed by atoms with Crippen molar-refractivity contribution >= 4 is 26.8 Å². The predicted molar refractivity (Wildman–Crippen MR) is 51.1 cm³/mol. The summed E-state index contributed by atoms with van der Waals surface area (Å²) < 4.78 is 22.2. The van der Waals surface area contributed by atoms with Crippen molar-refractivity contribution in [2.24, 2.45) is 11.7 Å². The summed E-state index contributed by atoms with van der Waals surface area (Å²) in [4.78, 5) is 0. The fourth-order valence-electron chi connectivity index (χ4n) is 1.30. The largest absolute Gasteiger partial charge is 0.379 e. The fourth-order valence-corrected chi connectivity index (χ4v) is 4.97. The van der Waals surface area contributed by atoms with E-state index in [-0.39, 0.29) is 27.8 Å². The van der Waals surface area contributed by atoms with Crippen LogP contribution in [0.4, 0.5) is 0 Å². The van der Waals surface area contributed by atoms with Crippen LogP contribution in [0.5, 0.6) is 0 Å². The second kappa shape index (κ2) is 3.26. The zero-order valence-corrected chi connectivity index (χ0v) is 8.41. The molecule has 0 saturated carbocycles. The van der Waals surface area contributed by atoms with Gasteiger partial charge in [-0.1, -0.05) is 18.7 Å². The van der Waals surface area contributed by atoms with Gasteiger partial charge in [0.25, 0.3) is 0 Å². The van der Waals surface area contributed by atoms with Gasteiger partial charge in [-0.05, 0) is 5.92 Å². The van der Waals surface area contributed by atoms with Gasteiger partial charge in [0.1, 0.15) is 0 Å². The highest BCUT2D eigenvalue weighted by molar-refractivity contribution is 8.14. The van der Waals surface area contributed by atoms with Gasteiger partial charge in [0.2, 0.25) is 0 Å². The Labute approximate surface area is 76.3 Å². The molecule has 3 N–H and O–H groups in total. The van der Waals surface area contributed by atoms with Crippen LogP contribution in [0.3, 0.4) is 0 Å². The van der Waals surface area contributed by atoms with E-state index in [1.165, 1.54) is 0 Å². The van der Waals surface area contributed by atoms with Gasteiger partial charge in [0.15, 0.2) is 15.0 Å². The molecule has 6 heteroatoms. The first-order valence-electron chi connectivity index (χ1n) is 3.62. The van der Waals surface area contributed by atoms with Crippen LogP contribution in [0, 0.1) is 11.3 Å². The SMILES string of the molecule is C[C@@H]1CS(=O)(=O)C[C@H]1SC(=N)N. The van der Waals surface area contributed by atoms with Gasteiger partial charge in [-0.2, -0.15) is 0 Å². The molecule has 0 radical (unpaired) electrons. The molecule has 0 aromatic rings. The van der Waals surface area contributed by atoms with E-state index in [1.54, 1.807) is 0 Å². The summed E-state index contributed by atoms with van der Waals surface area (Å²) in [5.41, 5.74) is 5.17. The number of nitrogens with one attached hydrogen (secondary N) is 1. The lowest BCUT2D eigenvalue weighted by atomic mass is 10.2. The predicted octanol–water partition coefficient (Wildman–Crippen LogP) is 0.0462. The van der Waals surface area contributed by atoms with E-state index in [0.29, 0.717) is 0 Å². The lowest BCUT2D eigenvalue weighted by molar-refractivity contribution is 0.599. The highest BCUT2D eigenvalue weighted by Gasteiger charge is 2.35. The van der Waals surface area contributed by atoms with E-state index in [4.69, 9.17) is 11.1 Å². The molecule has 0 spiro atoms. The lowest BCUT2D eigenvalue weighted by Crippen LogP contribution is -2.17. The highest BCUT2D eigenvalue weighted by Crippen LogP contribution is 2.28. The van der Waals surface area contributed by atoms with Gasteiger partial charge in [-0.3, -0.25) is 5.41 Å². The van der Waals surface area contributed by atoms with Crippen LogP contribution in [0.2, 0.25) is 0 Å². The van der Waals surface area contributed by atoms with E-state index in [0.717, 1.165) is 11.8 Å². The van der Waals surface area contributed by atoms with Crippen molar-refractivity contribution in [1.29, 1.82) is 5.41 Å². The maximum atomic E-state index is 11.1.